The average Bonchev–Trinajstić information content (AvgIpc) is 3.25. The smallest absolute Gasteiger partial charge is 0.242 e. The van der Waals surface area contributed by atoms with Crippen LogP contribution < -0.4 is 5.32 Å². The molecule has 2 aliphatic carbocycles. The highest BCUT2D eigenvalue weighted by Crippen LogP contribution is 2.48. The van der Waals surface area contributed by atoms with Gasteiger partial charge in [-0.05, 0) is 82.8 Å². The van der Waals surface area contributed by atoms with E-state index in [1.54, 1.807) is 11.8 Å². The first-order valence-electron chi connectivity index (χ1n) is 9.89. The molecule has 4 fully saturated rings. The van der Waals surface area contributed by atoms with E-state index >= 15 is 0 Å². The molecule has 2 aliphatic heterocycles. The normalized spacial score (nSPS) is 42.2. The molecule has 4 unspecified atom stereocenters. The summed E-state index contributed by atoms with van der Waals surface area (Å²) < 4.78 is -0.311. The van der Waals surface area contributed by atoms with Crippen LogP contribution in [0.4, 0.5) is 0 Å². The molecule has 4 atom stereocenters. The minimum atomic E-state index is -0.311. The van der Waals surface area contributed by atoms with Crippen molar-refractivity contribution in [2.24, 2.45) is 22.7 Å². The number of carbonyl (C=O) groups excluding carboxylic acids is 1. The van der Waals surface area contributed by atoms with E-state index in [0.717, 1.165) is 42.9 Å². The van der Waals surface area contributed by atoms with Crippen LogP contribution in [0.15, 0.2) is 4.99 Å². The molecule has 1 N–H and O–H groups in total. The summed E-state index contributed by atoms with van der Waals surface area (Å²) in [6.45, 7) is 7.86. The molecule has 134 valence electrons. The molecule has 24 heavy (non-hydrogen) atoms. The molecule has 5 heteroatoms. The molecular weight excluding hydrogens is 318 g/mol. The zero-order chi connectivity index (χ0) is 16.7. The summed E-state index contributed by atoms with van der Waals surface area (Å²) >= 11 is 1.73. The molecule has 1 amide bonds. The first-order valence-corrected chi connectivity index (χ1v) is 10.7. The maximum absolute atomic E-state index is 12.7. The van der Waals surface area contributed by atoms with E-state index in [-0.39, 0.29) is 10.7 Å². The minimum Gasteiger partial charge on any atom is -0.304 e. The SMILES string of the molecule is CCCN1CCC(C2(C)SC(=NC3CC4CCC3C4)NC2=O)CC1. The molecule has 0 aromatic carbocycles. The quantitative estimate of drug-likeness (QED) is 0.847. The van der Waals surface area contributed by atoms with Crippen LogP contribution in [0.25, 0.3) is 0 Å². The van der Waals surface area contributed by atoms with E-state index in [2.05, 4.69) is 24.1 Å². The zero-order valence-electron chi connectivity index (χ0n) is 15.1. The number of amidine groups is 1. The third-order valence-electron chi connectivity index (χ3n) is 6.87. The maximum atomic E-state index is 12.7. The van der Waals surface area contributed by atoms with Gasteiger partial charge in [0.1, 0.15) is 4.75 Å². The highest BCUT2D eigenvalue weighted by atomic mass is 32.2. The number of hydrogen-bond acceptors (Lipinski definition) is 4. The van der Waals surface area contributed by atoms with Gasteiger partial charge in [0.15, 0.2) is 5.17 Å². The molecule has 0 aromatic rings. The fourth-order valence-corrected chi connectivity index (χ4v) is 6.64. The Balaban J connectivity index is 1.40. The fraction of sp³-hybridized carbons (Fsp3) is 0.895. The summed E-state index contributed by atoms with van der Waals surface area (Å²) in [5.41, 5.74) is 0. The van der Waals surface area contributed by atoms with E-state index in [1.807, 2.05) is 0 Å². The maximum Gasteiger partial charge on any atom is 0.242 e. The van der Waals surface area contributed by atoms with Crippen LogP contribution in [0.5, 0.6) is 0 Å². The number of carbonyl (C=O) groups is 1. The lowest BCUT2D eigenvalue weighted by Gasteiger charge is -2.38. The predicted octanol–water partition coefficient (Wildman–Crippen LogP) is 3.27. The van der Waals surface area contributed by atoms with Crippen molar-refractivity contribution in [3.8, 4) is 0 Å². The lowest BCUT2D eigenvalue weighted by molar-refractivity contribution is -0.122. The van der Waals surface area contributed by atoms with Gasteiger partial charge in [-0.15, -0.1) is 0 Å². The number of hydrogen-bond donors (Lipinski definition) is 1. The standard InChI is InChI=1S/C19H31N3OS/c1-3-8-22-9-6-15(7-10-22)19(2)17(23)21-18(24-19)20-16-12-13-4-5-14(16)11-13/h13-16H,3-12H2,1-2H3,(H,20,21,23). The Hall–Kier alpha value is -0.550. The second-order valence-corrected chi connectivity index (χ2v) is 9.89. The number of nitrogens with one attached hydrogen (secondary N) is 1. The van der Waals surface area contributed by atoms with Crippen LogP contribution >= 0.6 is 11.8 Å². The van der Waals surface area contributed by atoms with Gasteiger partial charge in [0.2, 0.25) is 5.91 Å². The minimum absolute atomic E-state index is 0.198. The lowest BCUT2D eigenvalue weighted by Crippen LogP contribution is -2.46. The number of fused-ring (bicyclic) bond motifs is 2. The van der Waals surface area contributed by atoms with Gasteiger partial charge in [0.25, 0.3) is 0 Å². The highest BCUT2D eigenvalue weighted by Gasteiger charge is 2.49. The summed E-state index contributed by atoms with van der Waals surface area (Å²) in [6.07, 6.45) is 8.86. The topological polar surface area (TPSA) is 44.7 Å². The van der Waals surface area contributed by atoms with Crippen molar-refractivity contribution >= 4 is 22.8 Å². The second kappa shape index (κ2) is 6.64. The van der Waals surface area contributed by atoms with Crippen LogP contribution in [0.2, 0.25) is 0 Å². The first kappa shape index (κ1) is 16.9. The van der Waals surface area contributed by atoms with Crippen LogP contribution in [0.1, 0.15) is 58.8 Å². The molecule has 0 aromatic heterocycles. The summed E-state index contributed by atoms with van der Waals surface area (Å²) in [4.78, 5) is 20.2. The molecular formula is C19H31N3OS. The molecule has 2 saturated heterocycles. The first-order chi connectivity index (χ1) is 11.6. The molecule has 4 nitrogen and oxygen atoms in total. The second-order valence-electron chi connectivity index (χ2n) is 8.46. The molecule has 0 spiro atoms. The van der Waals surface area contributed by atoms with Crippen molar-refractivity contribution in [3.63, 3.8) is 0 Å². The Morgan fingerprint density at radius 2 is 2.04 bits per heavy atom. The third-order valence-corrected chi connectivity index (χ3v) is 8.21. The Bertz CT molecular complexity index is 529. The number of piperidine rings is 1. The van der Waals surface area contributed by atoms with Gasteiger partial charge in [-0.2, -0.15) is 0 Å². The van der Waals surface area contributed by atoms with Gasteiger partial charge in [0, 0.05) is 0 Å². The van der Waals surface area contributed by atoms with Crippen LogP contribution in [0, 0.1) is 17.8 Å². The van der Waals surface area contributed by atoms with Gasteiger partial charge < -0.3 is 10.2 Å². The number of nitrogens with zero attached hydrogens (tertiary/aromatic N) is 2. The summed E-state index contributed by atoms with van der Waals surface area (Å²) in [5.74, 6) is 2.36. The molecule has 4 aliphatic rings. The molecule has 2 heterocycles. The van der Waals surface area contributed by atoms with Crippen molar-refractivity contribution in [2.45, 2.75) is 69.6 Å². The van der Waals surface area contributed by atoms with Crippen molar-refractivity contribution in [2.75, 3.05) is 19.6 Å². The Morgan fingerprint density at radius 1 is 1.25 bits per heavy atom. The van der Waals surface area contributed by atoms with E-state index in [9.17, 15) is 4.79 Å². The molecule has 4 rings (SSSR count). The Labute approximate surface area is 150 Å². The highest BCUT2D eigenvalue weighted by molar-refractivity contribution is 8.16. The van der Waals surface area contributed by atoms with Gasteiger partial charge >= 0.3 is 0 Å². The van der Waals surface area contributed by atoms with Crippen LogP contribution in [-0.2, 0) is 4.79 Å². The molecule has 0 radical (unpaired) electrons. The largest absolute Gasteiger partial charge is 0.304 e. The van der Waals surface area contributed by atoms with E-state index in [4.69, 9.17) is 4.99 Å². The number of aliphatic imine (C=N–C) groups is 1. The Morgan fingerprint density at radius 3 is 2.67 bits per heavy atom. The molecule has 2 saturated carbocycles. The van der Waals surface area contributed by atoms with Gasteiger partial charge in [-0.25, -0.2) is 0 Å². The number of likely N-dealkylation sites (tertiary alicyclic amines) is 1. The van der Waals surface area contributed by atoms with Crippen LogP contribution in [0.3, 0.4) is 0 Å². The predicted molar refractivity (Wildman–Crippen MR) is 100 cm³/mol. The average molecular weight is 350 g/mol. The monoisotopic (exact) mass is 349 g/mol. The summed E-state index contributed by atoms with van der Waals surface area (Å²) in [6, 6.07) is 0.473. The Kier molecular flexibility index (Phi) is 4.67. The van der Waals surface area contributed by atoms with Gasteiger partial charge in [-0.1, -0.05) is 25.1 Å². The van der Waals surface area contributed by atoms with Gasteiger partial charge in [0.05, 0.1) is 6.04 Å². The van der Waals surface area contributed by atoms with Crippen molar-refractivity contribution in [1.29, 1.82) is 0 Å². The lowest BCUT2D eigenvalue weighted by atomic mass is 9.84. The van der Waals surface area contributed by atoms with E-state index in [0.29, 0.717) is 12.0 Å². The fourth-order valence-electron chi connectivity index (χ4n) is 5.36. The number of amides is 1. The summed E-state index contributed by atoms with van der Waals surface area (Å²) in [5, 5.41) is 4.04. The van der Waals surface area contributed by atoms with Crippen molar-refractivity contribution < 1.29 is 4.79 Å². The van der Waals surface area contributed by atoms with E-state index in [1.165, 1.54) is 38.6 Å². The zero-order valence-corrected chi connectivity index (χ0v) is 15.9. The number of thioether (sulfide) groups is 1. The van der Waals surface area contributed by atoms with Crippen molar-refractivity contribution in [3.05, 3.63) is 0 Å². The third kappa shape index (κ3) is 3.03. The van der Waals surface area contributed by atoms with E-state index < -0.39 is 0 Å². The summed E-state index contributed by atoms with van der Waals surface area (Å²) in [7, 11) is 0. The molecule has 2 bridgehead atoms. The van der Waals surface area contributed by atoms with Crippen molar-refractivity contribution in [1.82, 2.24) is 10.2 Å². The van der Waals surface area contributed by atoms with Crippen LogP contribution in [-0.4, -0.2) is 46.4 Å². The van der Waals surface area contributed by atoms with Gasteiger partial charge in [-0.3, -0.25) is 9.79 Å². The number of rotatable bonds is 4.